The van der Waals surface area contributed by atoms with Crippen LogP contribution in [0.25, 0.3) is 16.9 Å². The predicted molar refractivity (Wildman–Crippen MR) is 108 cm³/mol. The average molecular weight is 389 g/mol. The zero-order valence-corrected chi connectivity index (χ0v) is 16.0. The second kappa shape index (κ2) is 7.19. The van der Waals surface area contributed by atoms with Gasteiger partial charge >= 0.3 is 0 Å². The Morgan fingerprint density at radius 1 is 1.17 bits per heavy atom. The summed E-state index contributed by atoms with van der Waals surface area (Å²) >= 11 is 0. The largest absolute Gasteiger partial charge is 0.364 e. The lowest BCUT2D eigenvalue weighted by Gasteiger charge is -2.06. The summed E-state index contributed by atoms with van der Waals surface area (Å²) in [6.45, 7) is 4.42. The van der Waals surface area contributed by atoms with E-state index in [-0.39, 0.29) is 16.9 Å². The van der Waals surface area contributed by atoms with Gasteiger partial charge in [0, 0.05) is 24.5 Å². The summed E-state index contributed by atoms with van der Waals surface area (Å²) < 4.78 is 3.14. The van der Waals surface area contributed by atoms with Crippen molar-refractivity contribution in [2.45, 2.75) is 20.4 Å². The third-order valence-corrected chi connectivity index (χ3v) is 4.56. The van der Waals surface area contributed by atoms with Crippen LogP contribution >= 0.6 is 0 Å². The Labute approximate surface area is 166 Å². The van der Waals surface area contributed by atoms with Crippen molar-refractivity contribution in [2.24, 2.45) is 5.73 Å². The first-order valence-electron chi connectivity index (χ1n) is 9.06. The zero-order valence-electron chi connectivity index (χ0n) is 16.0. The van der Waals surface area contributed by atoms with E-state index in [0.717, 1.165) is 16.8 Å². The summed E-state index contributed by atoms with van der Waals surface area (Å²) in [4.78, 5) is 28.8. The molecule has 0 unspecified atom stereocenters. The quantitative estimate of drug-likeness (QED) is 0.542. The van der Waals surface area contributed by atoms with Crippen LogP contribution in [0.15, 0.2) is 48.9 Å². The van der Waals surface area contributed by atoms with Crippen molar-refractivity contribution >= 4 is 23.1 Å². The van der Waals surface area contributed by atoms with Gasteiger partial charge in [-0.3, -0.25) is 14.3 Å². The molecular weight excluding hydrogens is 370 g/mol. The molecule has 29 heavy (non-hydrogen) atoms. The second-order valence-corrected chi connectivity index (χ2v) is 6.56. The molecule has 9 nitrogen and oxygen atoms in total. The van der Waals surface area contributed by atoms with Gasteiger partial charge in [0.05, 0.1) is 17.6 Å². The highest BCUT2D eigenvalue weighted by atomic mass is 16.2. The summed E-state index contributed by atoms with van der Waals surface area (Å²) in [5.74, 6) is -1.17. The molecule has 0 aliphatic rings. The highest BCUT2D eigenvalue weighted by molar-refractivity contribution is 6.10. The standard InChI is InChI=1S/C20H19N7O2/c1-3-26-11-15(17(25-26)18(21)28)24-20(29)14-10-23-27-16(8-9-22-19(14)27)13-6-4-12(2)5-7-13/h4-11H,3H2,1-2H3,(H2,21,28)(H,24,29). The van der Waals surface area contributed by atoms with E-state index in [4.69, 9.17) is 5.73 Å². The summed E-state index contributed by atoms with van der Waals surface area (Å²) in [7, 11) is 0. The topological polar surface area (TPSA) is 120 Å². The van der Waals surface area contributed by atoms with Gasteiger partial charge in [0.2, 0.25) is 0 Å². The highest BCUT2D eigenvalue weighted by Crippen LogP contribution is 2.22. The monoisotopic (exact) mass is 389 g/mol. The second-order valence-electron chi connectivity index (χ2n) is 6.56. The fourth-order valence-electron chi connectivity index (χ4n) is 3.04. The van der Waals surface area contributed by atoms with Gasteiger partial charge in [-0.15, -0.1) is 0 Å². The molecule has 0 spiro atoms. The first kappa shape index (κ1) is 18.4. The molecule has 3 N–H and O–H groups in total. The molecule has 0 saturated carbocycles. The van der Waals surface area contributed by atoms with E-state index in [9.17, 15) is 9.59 Å². The number of nitrogens with two attached hydrogens (primary N) is 1. The molecule has 0 fully saturated rings. The fraction of sp³-hybridized carbons (Fsp3) is 0.150. The third-order valence-electron chi connectivity index (χ3n) is 4.56. The number of anilines is 1. The summed E-state index contributed by atoms with van der Waals surface area (Å²) in [5.41, 5.74) is 9.22. The lowest BCUT2D eigenvalue weighted by atomic mass is 10.1. The van der Waals surface area contributed by atoms with Crippen LogP contribution in [0.2, 0.25) is 0 Å². The molecule has 146 valence electrons. The predicted octanol–water partition coefficient (Wildman–Crippen LogP) is 2.27. The number of amides is 2. The van der Waals surface area contributed by atoms with Gasteiger partial charge in [0.15, 0.2) is 11.3 Å². The number of hydrogen-bond acceptors (Lipinski definition) is 5. The van der Waals surface area contributed by atoms with Gasteiger partial charge in [-0.2, -0.15) is 10.2 Å². The van der Waals surface area contributed by atoms with Crippen LogP contribution in [-0.4, -0.2) is 36.2 Å². The number of rotatable bonds is 5. The van der Waals surface area contributed by atoms with Crippen LogP contribution in [0, 0.1) is 6.92 Å². The minimum Gasteiger partial charge on any atom is -0.364 e. The van der Waals surface area contributed by atoms with E-state index in [1.807, 2.05) is 44.2 Å². The van der Waals surface area contributed by atoms with Crippen LogP contribution in [0.3, 0.4) is 0 Å². The van der Waals surface area contributed by atoms with E-state index in [1.165, 1.54) is 10.9 Å². The Balaban J connectivity index is 1.71. The van der Waals surface area contributed by atoms with Crippen molar-refractivity contribution < 1.29 is 9.59 Å². The van der Waals surface area contributed by atoms with Crippen LogP contribution in [0.4, 0.5) is 5.69 Å². The molecular formula is C20H19N7O2. The first-order valence-corrected chi connectivity index (χ1v) is 9.06. The minimum absolute atomic E-state index is 0.00461. The Kier molecular flexibility index (Phi) is 4.55. The molecule has 3 aromatic heterocycles. The molecule has 0 aliphatic carbocycles. The highest BCUT2D eigenvalue weighted by Gasteiger charge is 2.20. The number of hydrogen-bond donors (Lipinski definition) is 2. The summed E-state index contributed by atoms with van der Waals surface area (Å²) in [6.07, 6.45) is 4.64. The van der Waals surface area contributed by atoms with Crippen molar-refractivity contribution in [1.29, 1.82) is 0 Å². The molecule has 0 atom stereocenters. The lowest BCUT2D eigenvalue weighted by molar-refractivity contribution is 0.0995. The number of primary amides is 1. The van der Waals surface area contributed by atoms with E-state index in [2.05, 4.69) is 20.5 Å². The zero-order chi connectivity index (χ0) is 20.5. The molecule has 1 aromatic carbocycles. The average Bonchev–Trinajstić information content (AvgIpc) is 3.32. The van der Waals surface area contributed by atoms with Crippen molar-refractivity contribution in [1.82, 2.24) is 24.4 Å². The van der Waals surface area contributed by atoms with Crippen molar-refractivity contribution in [3.63, 3.8) is 0 Å². The Morgan fingerprint density at radius 2 is 1.93 bits per heavy atom. The number of fused-ring (bicyclic) bond motifs is 1. The van der Waals surface area contributed by atoms with Gasteiger partial charge in [0.25, 0.3) is 11.8 Å². The molecule has 0 aliphatic heterocycles. The molecule has 0 saturated heterocycles. The van der Waals surface area contributed by atoms with Gasteiger partial charge in [0.1, 0.15) is 5.56 Å². The molecule has 0 radical (unpaired) electrons. The van der Waals surface area contributed by atoms with Crippen molar-refractivity contribution in [3.05, 3.63) is 65.7 Å². The number of aryl methyl sites for hydroxylation is 2. The summed E-state index contributed by atoms with van der Waals surface area (Å²) in [5, 5.41) is 11.1. The Hall–Kier alpha value is -4.01. The number of nitrogens with one attached hydrogen (secondary N) is 1. The van der Waals surface area contributed by atoms with Crippen molar-refractivity contribution in [3.8, 4) is 11.3 Å². The maximum Gasteiger partial charge on any atom is 0.271 e. The van der Waals surface area contributed by atoms with Gasteiger partial charge < -0.3 is 11.1 Å². The first-order chi connectivity index (χ1) is 14.0. The Bertz CT molecular complexity index is 1220. The van der Waals surface area contributed by atoms with Crippen molar-refractivity contribution in [2.75, 3.05) is 5.32 Å². The number of benzene rings is 1. The van der Waals surface area contributed by atoms with Crippen LogP contribution in [-0.2, 0) is 6.54 Å². The third kappa shape index (κ3) is 3.33. The van der Waals surface area contributed by atoms with E-state index < -0.39 is 11.8 Å². The SMILES string of the molecule is CCn1cc(NC(=O)c2cnn3c(-c4ccc(C)cc4)ccnc23)c(C(N)=O)n1. The van der Waals surface area contributed by atoms with Gasteiger partial charge in [-0.1, -0.05) is 29.8 Å². The lowest BCUT2D eigenvalue weighted by Crippen LogP contribution is -2.18. The van der Waals surface area contributed by atoms with Crippen LogP contribution in [0.1, 0.15) is 33.3 Å². The summed E-state index contributed by atoms with van der Waals surface area (Å²) in [6, 6.07) is 9.83. The fourth-order valence-corrected chi connectivity index (χ4v) is 3.04. The molecule has 0 bridgehead atoms. The van der Waals surface area contributed by atoms with Gasteiger partial charge in [-0.05, 0) is 19.9 Å². The van der Waals surface area contributed by atoms with E-state index in [1.54, 1.807) is 16.9 Å². The number of aromatic nitrogens is 5. The normalized spacial score (nSPS) is 11.0. The maximum atomic E-state index is 12.9. The number of carbonyl (C=O) groups excluding carboxylic acids is 2. The molecule has 9 heteroatoms. The number of carbonyl (C=O) groups is 2. The van der Waals surface area contributed by atoms with Crippen LogP contribution in [0.5, 0.6) is 0 Å². The molecule has 4 rings (SSSR count). The molecule has 2 amide bonds. The molecule has 4 aromatic rings. The van der Waals surface area contributed by atoms with Gasteiger partial charge in [-0.25, -0.2) is 9.50 Å². The van der Waals surface area contributed by atoms with E-state index in [0.29, 0.717) is 12.2 Å². The van der Waals surface area contributed by atoms with E-state index >= 15 is 0 Å². The number of nitrogens with zero attached hydrogens (tertiary/aromatic N) is 5. The maximum absolute atomic E-state index is 12.9. The smallest absolute Gasteiger partial charge is 0.271 e. The Morgan fingerprint density at radius 3 is 2.62 bits per heavy atom. The molecule has 3 heterocycles. The minimum atomic E-state index is -0.716. The van der Waals surface area contributed by atoms with Crippen LogP contribution < -0.4 is 11.1 Å².